The molecule has 180 valence electrons. The summed E-state index contributed by atoms with van der Waals surface area (Å²) in [4.78, 5) is 42.8. The molecular formula is C28H24N4O4. The fourth-order valence-corrected chi connectivity index (χ4v) is 5.16. The molecule has 0 saturated heterocycles. The number of methoxy groups -OCH3 is 1. The van der Waals surface area contributed by atoms with E-state index in [0.29, 0.717) is 29.9 Å². The first-order valence-corrected chi connectivity index (χ1v) is 11.8. The summed E-state index contributed by atoms with van der Waals surface area (Å²) in [5.74, 6) is 0.0777. The van der Waals surface area contributed by atoms with E-state index in [9.17, 15) is 14.4 Å². The van der Waals surface area contributed by atoms with Gasteiger partial charge in [0, 0.05) is 41.3 Å². The minimum absolute atomic E-state index is 0.153. The zero-order valence-corrected chi connectivity index (χ0v) is 19.7. The summed E-state index contributed by atoms with van der Waals surface area (Å²) in [6.45, 7) is 0.825. The number of nitrogens with zero attached hydrogens (tertiary/aromatic N) is 3. The highest BCUT2D eigenvalue weighted by Crippen LogP contribution is 2.44. The number of ether oxygens (including phenoxy) is 1. The zero-order chi connectivity index (χ0) is 24.8. The van der Waals surface area contributed by atoms with E-state index in [2.05, 4.69) is 9.88 Å². The third kappa shape index (κ3) is 3.41. The number of anilines is 1. The van der Waals surface area contributed by atoms with Crippen molar-refractivity contribution in [2.24, 2.45) is 0 Å². The predicted octanol–water partition coefficient (Wildman–Crippen LogP) is 3.58. The van der Waals surface area contributed by atoms with Crippen LogP contribution in [0.5, 0.6) is 5.75 Å². The molecule has 3 aromatic carbocycles. The van der Waals surface area contributed by atoms with E-state index in [-0.39, 0.29) is 24.3 Å². The van der Waals surface area contributed by atoms with Crippen molar-refractivity contribution in [3.8, 4) is 5.75 Å². The molecule has 2 aliphatic heterocycles. The van der Waals surface area contributed by atoms with Gasteiger partial charge in [0.2, 0.25) is 5.91 Å². The van der Waals surface area contributed by atoms with Crippen LogP contribution in [-0.4, -0.2) is 47.4 Å². The Kier molecular flexibility index (Phi) is 5.21. The molecule has 2 aliphatic rings. The molecule has 0 saturated carbocycles. The van der Waals surface area contributed by atoms with Crippen LogP contribution in [0.3, 0.4) is 0 Å². The van der Waals surface area contributed by atoms with Gasteiger partial charge in [0.1, 0.15) is 18.5 Å². The molecule has 0 fully saturated rings. The lowest BCUT2D eigenvalue weighted by Crippen LogP contribution is -2.51. The average Bonchev–Trinajstić information content (AvgIpc) is 3.45. The first-order chi connectivity index (χ1) is 17.6. The highest BCUT2D eigenvalue weighted by atomic mass is 16.5. The molecule has 3 heterocycles. The van der Waals surface area contributed by atoms with Gasteiger partial charge in [-0.15, -0.1) is 0 Å². The van der Waals surface area contributed by atoms with E-state index < -0.39 is 6.17 Å². The number of para-hydroxylation sites is 1. The van der Waals surface area contributed by atoms with E-state index >= 15 is 0 Å². The Morgan fingerprint density at radius 2 is 1.72 bits per heavy atom. The van der Waals surface area contributed by atoms with Gasteiger partial charge in [0.25, 0.3) is 11.8 Å². The fraction of sp³-hybridized carbons (Fsp3) is 0.179. The van der Waals surface area contributed by atoms with Crippen molar-refractivity contribution in [3.05, 3.63) is 95.7 Å². The molecule has 0 aliphatic carbocycles. The van der Waals surface area contributed by atoms with Crippen LogP contribution in [0.1, 0.15) is 32.4 Å². The smallest absolute Gasteiger partial charge is 0.260 e. The van der Waals surface area contributed by atoms with Crippen LogP contribution in [0.4, 0.5) is 5.69 Å². The maximum atomic E-state index is 13.5. The lowest BCUT2D eigenvalue weighted by molar-refractivity contribution is -0.122. The number of hydrogen-bond donors (Lipinski definition) is 1. The number of carbonyl (C=O) groups is 3. The molecule has 0 bridgehead atoms. The Morgan fingerprint density at radius 1 is 0.944 bits per heavy atom. The second-order valence-corrected chi connectivity index (χ2v) is 8.87. The molecule has 6 rings (SSSR count). The standard InChI is InChI=1S/C28H24N4O4/c1-36-19-10-11-23-18(16-19)12-14-30(23)15-13-29-25(33)17-31-26-20-6-2-3-7-21(20)28(35)32(26)24-9-5-4-8-22(24)27(31)34/h2-12,14,16,26H,13,15,17H2,1H3,(H,29,33). The van der Waals surface area contributed by atoms with Gasteiger partial charge in [-0.05, 0) is 42.5 Å². The van der Waals surface area contributed by atoms with Crippen molar-refractivity contribution >= 4 is 34.3 Å². The maximum Gasteiger partial charge on any atom is 0.260 e. The monoisotopic (exact) mass is 480 g/mol. The molecule has 8 heteroatoms. The van der Waals surface area contributed by atoms with Gasteiger partial charge in [-0.25, -0.2) is 0 Å². The Labute approximate surface area is 207 Å². The van der Waals surface area contributed by atoms with Gasteiger partial charge in [0.05, 0.1) is 18.4 Å². The van der Waals surface area contributed by atoms with E-state index in [1.807, 2.05) is 48.7 Å². The van der Waals surface area contributed by atoms with Crippen molar-refractivity contribution in [1.82, 2.24) is 14.8 Å². The summed E-state index contributed by atoms with van der Waals surface area (Å²) in [5, 5.41) is 3.99. The van der Waals surface area contributed by atoms with Crippen LogP contribution in [0.25, 0.3) is 10.9 Å². The van der Waals surface area contributed by atoms with E-state index in [1.165, 1.54) is 4.90 Å². The predicted molar refractivity (Wildman–Crippen MR) is 135 cm³/mol. The molecule has 36 heavy (non-hydrogen) atoms. The molecule has 3 amide bonds. The molecule has 0 radical (unpaired) electrons. The number of hydrogen-bond acceptors (Lipinski definition) is 4. The normalized spacial score (nSPS) is 16.1. The summed E-state index contributed by atoms with van der Waals surface area (Å²) in [6, 6.07) is 22.2. The van der Waals surface area contributed by atoms with Gasteiger partial charge in [-0.1, -0.05) is 30.3 Å². The van der Waals surface area contributed by atoms with Gasteiger partial charge >= 0.3 is 0 Å². The summed E-state index contributed by atoms with van der Waals surface area (Å²) >= 11 is 0. The van der Waals surface area contributed by atoms with Gasteiger partial charge in [-0.3, -0.25) is 19.3 Å². The van der Waals surface area contributed by atoms with Gasteiger partial charge < -0.3 is 19.5 Å². The van der Waals surface area contributed by atoms with E-state index in [1.54, 1.807) is 42.3 Å². The highest BCUT2D eigenvalue weighted by molar-refractivity contribution is 6.17. The zero-order valence-electron chi connectivity index (χ0n) is 19.7. The fourth-order valence-electron chi connectivity index (χ4n) is 5.16. The average molecular weight is 481 g/mol. The Hall–Kier alpha value is -4.59. The van der Waals surface area contributed by atoms with Gasteiger partial charge in [0.15, 0.2) is 0 Å². The van der Waals surface area contributed by atoms with Crippen LogP contribution in [0.15, 0.2) is 79.0 Å². The molecule has 4 aromatic rings. The quantitative estimate of drug-likeness (QED) is 0.457. The van der Waals surface area contributed by atoms with Gasteiger partial charge in [-0.2, -0.15) is 0 Å². The maximum absolute atomic E-state index is 13.5. The van der Waals surface area contributed by atoms with E-state index in [0.717, 1.165) is 22.2 Å². The molecule has 0 spiro atoms. The third-order valence-corrected chi connectivity index (χ3v) is 6.85. The summed E-state index contributed by atoms with van der Waals surface area (Å²) < 4.78 is 7.34. The number of fused-ring (bicyclic) bond motifs is 6. The van der Waals surface area contributed by atoms with Crippen molar-refractivity contribution in [3.63, 3.8) is 0 Å². The minimum atomic E-state index is -0.648. The highest BCUT2D eigenvalue weighted by Gasteiger charge is 2.47. The molecule has 1 N–H and O–H groups in total. The Morgan fingerprint density at radius 3 is 2.56 bits per heavy atom. The lowest BCUT2D eigenvalue weighted by Gasteiger charge is -2.40. The van der Waals surface area contributed by atoms with Crippen molar-refractivity contribution in [2.75, 3.05) is 25.1 Å². The van der Waals surface area contributed by atoms with E-state index in [4.69, 9.17) is 4.74 Å². The number of benzene rings is 3. The second-order valence-electron chi connectivity index (χ2n) is 8.87. The number of carbonyl (C=O) groups excluding carboxylic acids is 3. The first-order valence-electron chi connectivity index (χ1n) is 11.8. The van der Waals surface area contributed by atoms with Crippen LogP contribution in [0.2, 0.25) is 0 Å². The van der Waals surface area contributed by atoms with Crippen molar-refractivity contribution in [1.29, 1.82) is 0 Å². The number of aromatic nitrogens is 1. The molecule has 1 atom stereocenters. The Balaban J connectivity index is 1.21. The van der Waals surface area contributed by atoms with Crippen LogP contribution >= 0.6 is 0 Å². The van der Waals surface area contributed by atoms with Crippen LogP contribution in [-0.2, 0) is 11.3 Å². The number of amides is 3. The lowest BCUT2D eigenvalue weighted by atomic mass is 10.0. The third-order valence-electron chi connectivity index (χ3n) is 6.85. The minimum Gasteiger partial charge on any atom is -0.497 e. The second kappa shape index (κ2) is 8.57. The molecule has 1 aromatic heterocycles. The number of rotatable bonds is 6. The van der Waals surface area contributed by atoms with Crippen molar-refractivity contribution < 1.29 is 19.1 Å². The summed E-state index contributed by atoms with van der Waals surface area (Å²) in [5.41, 5.74) is 3.31. The van der Waals surface area contributed by atoms with Crippen molar-refractivity contribution in [2.45, 2.75) is 12.7 Å². The molecular weight excluding hydrogens is 456 g/mol. The largest absolute Gasteiger partial charge is 0.497 e. The van der Waals surface area contributed by atoms with Crippen LogP contribution in [0, 0.1) is 0 Å². The molecule has 1 unspecified atom stereocenters. The summed E-state index contributed by atoms with van der Waals surface area (Å²) in [7, 11) is 1.64. The molecule has 8 nitrogen and oxygen atoms in total. The first kappa shape index (κ1) is 21.9. The topological polar surface area (TPSA) is 83.9 Å². The number of nitrogens with one attached hydrogen (secondary N) is 1. The van der Waals surface area contributed by atoms with Crippen LogP contribution < -0.4 is 15.0 Å². The summed E-state index contributed by atoms with van der Waals surface area (Å²) in [6.07, 6.45) is 1.32. The SMILES string of the molecule is COc1ccc2c(ccn2CCNC(=O)CN2C(=O)c3ccccc3N3C(=O)c4ccccc4C23)c1. The Bertz CT molecular complexity index is 1530.